The quantitative estimate of drug-likeness (QED) is 0.156. The molecule has 0 saturated heterocycles. The Kier molecular flexibility index (Phi) is 7.84. The van der Waals surface area contributed by atoms with Gasteiger partial charge in [-0.1, -0.05) is 59.7 Å². The van der Waals surface area contributed by atoms with Gasteiger partial charge in [0.25, 0.3) is 11.1 Å². The average Bonchev–Trinajstić information content (AvgIpc) is 3.50. The van der Waals surface area contributed by atoms with Crippen molar-refractivity contribution in [1.82, 2.24) is 20.4 Å². The maximum absolute atomic E-state index is 13.6. The van der Waals surface area contributed by atoms with Crippen molar-refractivity contribution in [3.8, 4) is 34.0 Å². The van der Waals surface area contributed by atoms with E-state index in [4.69, 9.17) is 9.47 Å². The van der Waals surface area contributed by atoms with E-state index in [0.29, 0.717) is 57.3 Å². The van der Waals surface area contributed by atoms with Gasteiger partial charge >= 0.3 is 0 Å². The smallest absolute Gasteiger partial charge is 0.268 e. The number of hydrogen-bond acceptors (Lipinski definition) is 4. The van der Waals surface area contributed by atoms with Gasteiger partial charge in [0.2, 0.25) is 0 Å². The minimum atomic E-state index is -0.760. The third-order valence-corrected chi connectivity index (χ3v) is 7.43. The summed E-state index contributed by atoms with van der Waals surface area (Å²) in [6.45, 7) is 8.68. The molecule has 2 heterocycles. The summed E-state index contributed by atoms with van der Waals surface area (Å²) in [6.07, 6.45) is 0. The molecule has 3 aromatic carbocycles. The monoisotopic (exact) mass is 602 g/mol. The number of ether oxygens (including phenoxy) is 2. The Bertz CT molecular complexity index is 1650. The average molecular weight is 604 g/mol. The standard InChI is InChI=1S/C31H31BrN4O4/c1-5-39-23-16-21(15-22(32)29(23)40-6-2)24(25-27(33-35-30(25)37)19-11-7-17(3)8-12-19)26-28(34-36-31(26)38)20-13-9-18(4)10-14-20/h7-16,24H,5-6H2,1-4H3,(H2,33,35,37)(H2,34,36,38). The second kappa shape index (κ2) is 11.5. The molecule has 0 aliphatic carbocycles. The van der Waals surface area contributed by atoms with E-state index >= 15 is 0 Å². The van der Waals surface area contributed by atoms with E-state index in [9.17, 15) is 9.59 Å². The topological polar surface area (TPSA) is 116 Å². The van der Waals surface area contributed by atoms with Crippen molar-refractivity contribution in [3.63, 3.8) is 0 Å². The van der Waals surface area contributed by atoms with Crippen molar-refractivity contribution in [1.29, 1.82) is 0 Å². The van der Waals surface area contributed by atoms with Crippen LogP contribution in [0.5, 0.6) is 11.5 Å². The molecule has 0 saturated carbocycles. The molecular weight excluding hydrogens is 572 g/mol. The number of hydrogen-bond donors (Lipinski definition) is 4. The lowest BCUT2D eigenvalue weighted by Gasteiger charge is -2.21. The number of aryl methyl sites for hydroxylation is 2. The van der Waals surface area contributed by atoms with Gasteiger partial charge in [-0.25, -0.2) is 0 Å². The van der Waals surface area contributed by atoms with Crippen molar-refractivity contribution < 1.29 is 9.47 Å². The highest BCUT2D eigenvalue weighted by molar-refractivity contribution is 9.10. The molecule has 4 N–H and O–H groups in total. The van der Waals surface area contributed by atoms with Gasteiger partial charge in [0, 0.05) is 5.92 Å². The van der Waals surface area contributed by atoms with Crippen molar-refractivity contribution in [2.24, 2.45) is 0 Å². The molecule has 0 aliphatic heterocycles. The Hall–Kier alpha value is -4.24. The van der Waals surface area contributed by atoms with Crippen molar-refractivity contribution in [2.45, 2.75) is 33.6 Å². The maximum Gasteiger partial charge on any atom is 0.268 e. The lowest BCUT2D eigenvalue weighted by Crippen LogP contribution is -2.20. The van der Waals surface area contributed by atoms with Crippen molar-refractivity contribution >= 4 is 15.9 Å². The van der Waals surface area contributed by atoms with Crippen molar-refractivity contribution in [2.75, 3.05) is 13.2 Å². The molecule has 0 fully saturated rings. The van der Waals surface area contributed by atoms with Crippen LogP contribution in [0.4, 0.5) is 0 Å². The van der Waals surface area contributed by atoms with E-state index in [0.717, 1.165) is 22.3 Å². The molecule has 0 radical (unpaired) electrons. The molecule has 40 heavy (non-hydrogen) atoms. The molecule has 2 aromatic heterocycles. The first-order chi connectivity index (χ1) is 19.3. The van der Waals surface area contributed by atoms with E-state index in [1.165, 1.54) is 0 Å². The fourth-order valence-corrected chi connectivity index (χ4v) is 5.54. The predicted octanol–water partition coefficient (Wildman–Crippen LogP) is 6.41. The highest BCUT2D eigenvalue weighted by Gasteiger charge is 2.32. The largest absolute Gasteiger partial charge is 0.490 e. The van der Waals surface area contributed by atoms with Gasteiger partial charge in [-0.3, -0.25) is 30.0 Å². The van der Waals surface area contributed by atoms with Gasteiger partial charge in [-0.15, -0.1) is 0 Å². The summed E-state index contributed by atoms with van der Waals surface area (Å²) in [5.74, 6) is 0.325. The minimum Gasteiger partial charge on any atom is -0.490 e. The van der Waals surface area contributed by atoms with Gasteiger partial charge in [-0.2, -0.15) is 0 Å². The van der Waals surface area contributed by atoms with Gasteiger partial charge in [0.1, 0.15) is 0 Å². The molecule has 9 heteroatoms. The molecule has 8 nitrogen and oxygen atoms in total. The predicted molar refractivity (Wildman–Crippen MR) is 161 cm³/mol. The van der Waals surface area contributed by atoms with Crippen LogP contribution in [-0.4, -0.2) is 33.6 Å². The summed E-state index contributed by atoms with van der Waals surface area (Å²) >= 11 is 3.65. The first-order valence-electron chi connectivity index (χ1n) is 13.2. The van der Waals surface area contributed by atoms with Crippen LogP contribution in [0, 0.1) is 13.8 Å². The number of nitrogens with one attached hydrogen (secondary N) is 4. The Morgan fingerprint density at radius 2 is 1.18 bits per heavy atom. The lowest BCUT2D eigenvalue weighted by atomic mass is 9.83. The third-order valence-electron chi connectivity index (χ3n) is 6.84. The first kappa shape index (κ1) is 27.3. The van der Waals surface area contributed by atoms with E-state index in [2.05, 4.69) is 36.3 Å². The van der Waals surface area contributed by atoms with Crippen LogP contribution < -0.4 is 20.6 Å². The van der Waals surface area contributed by atoms with E-state index < -0.39 is 5.92 Å². The summed E-state index contributed by atoms with van der Waals surface area (Å²) in [4.78, 5) is 27.2. The highest BCUT2D eigenvalue weighted by atomic mass is 79.9. The SMILES string of the molecule is CCOc1cc(C(c2c(-c3ccc(C)cc3)[nH][nH]c2=O)c2c(-c3ccc(C)cc3)[nH][nH]c2=O)cc(Br)c1OCC. The van der Waals surface area contributed by atoms with Crippen LogP contribution in [-0.2, 0) is 0 Å². The van der Waals surface area contributed by atoms with Gasteiger partial charge in [0.15, 0.2) is 11.5 Å². The number of benzene rings is 3. The van der Waals surface area contributed by atoms with Gasteiger partial charge in [0.05, 0.1) is 40.2 Å². The molecular formula is C31H31BrN4O4. The molecule has 0 spiro atoms. The van der Waals surface area contributed by atoms with Crippen LogP contribution in [0.25, 0.3) is 22.5 Å². The number of rotatable bonds is 9. The summed E-state index contributed by atoms with van der Waals surface area (Å²) < 4.78 is 12.5. The summed E-state index contributed by atoms with van der Waals surface area (Å²) in [7, 11) is 0. The number of aromatic amines is 4. The minimum absolute atomic E-state index is 0.320. The molecule has 0 amide bonds. The van der Waals surface area contributed by atoms with E-state index in [1.54, 1.807) is 0 Å². The second-order valence-electron chi connectivity index (χ2n) is 9.60. The molecule has 0 unspecified atom stereocenters. The summed E-state index contributed by atoms with van der Waals surface area (Å²) in [6, 6.07) is 19.5. The first-order valence-corrected chi connectivity index (χ1v) is 14.0. The number of H-pyrrole nitrogens is 4. The van der Waals surface area contributed by atoms with Crippen LogP contribution in [0.3, 0.4) is 0 Å². The second-order valence-corrected chi connectivity index (χ2v) is 10.5. The summed E-state index contributed by atoms with van der Waals surface area (Å²) in [5, 5.41) is 11.7. The molecule has 0 atom stereocenters. The Morgan fingerprint density at radius 3 is 1.62 bits per heavy atom. The molecule has 5 rings (SSSR count). The van der Waals surface area contributed by atoms with E-state index in [-0.39, 0.29) is 11.1 Å². The lowest BCUT2D eigenvalue weighted by molar-refractivity contribution is 0.286. The number of halogens is 1. The zero-order valence-electron chi connectivity index (χ0n) is 22.8. The normalized spacial score (nSPS) is 11.2. The fraction of sp³-hybridized carbons (Fsp3) is 0.226. The van der Waals surface area contributed by atoms with E-state index in [1.807, 2.05) is 88.4 Å². The summed E-state index contributed by atoms with van der Waals surface area (Å²) in [5.41, 5.74) is 5.93. The highest BCUT2D eigenvalue weighted by Crippen LogP contribution is 2.44. The van der Waals surface area contributed by atoms with Gasteiger partial charge in [-0.05, 0) is 72.4 Å². The third kappa shape index (κ3) is 5.16. The fourth-order valence-electron chi connectivity index (χ4n) is 4.96. The van der Waals surface area contributed by atoms with Crippen LogP contribution >= 0.6 is 15.9 Å². The molecule has 206 valence electrons. The van der Waals surface area contributed by atoms with Crippen LogP contribution in [0.1, 0.15) is 47.6 Å². The van der Waals surface area contributed by atoms with Crippen LogP contribution in [0.2, 0.25) is 0 Å². The Morgan fingerprint density at radius 1 is 0.700 bits per heavy atom. The zero-order chi connectivity index (χ0) is 28.4. The van der Waals surface area contributed by atoms with Crippen LogP contribution in [0.15, 0.2) is 74.7 Å². The maximum atomic E-state index is 13.6. The number of aromatic nitrogens is 4. The van der Waals surface area contributed by atoms with Gasteiger partial charge < -0.3 is 9.47 Å². The molecule has 0 aliphatic rings. The Labute approximate surface area is 239 Å². The molecule has 5 aromatic rings. The zero-order valence-corrected chi connectivity index (χ0v) is 24.4. The van der Waals surface area contributed by atoms with Crippen molar-refractivity contribution in [3.05, 3.63) is 114 Å². The Balaban J connectivity index is 1.83. The molecule has 0 bridgehead atoms.